The lowest BCUT2D eigenvalue weighted by Crippen LogP contribution is -2.32. The lowest BCUT2D eigenvalue weighted by atomic mass is 10.2. The molecule has 0 atom stereocenters. The summed E-state index contributed by atoms with van der Waals surface area (Å²) in [6, 6.07) is 16.2. The number of rotatable bonds is 9. The fraction of sp³-hybridized carbons (Fsp3) is 0.208. The summed E-state index contributed by atoms with van der Waals surface area (Å²) in [7, 11) is 3.56. The van der Waals surface area contributed by atoms with Crippen molar-refractivity contribution in [3.63, 3.8) is 0 Å². The van der Waals surface area contributed by atoms with Crippen molar-refractivity contribution in [2.75, 3.05) is 43.3 Å². The summed E-state index contributed by atoms with van der Waals surface area (Å²) in [6.45, 7) is 1.19. The number of urea groups is 1. The minimum Gasteiger partial charge on any atom is -0.497 e. The first-order chi connectivity index (χ1) is 16.9. The smallest absolute Gasteiger partial charge is 0.319 e. The molecule has 35 heavy (non-hydrogen) atoms. The molecule has 10 nitrogen and oxygen atoms in total. The van der Waals surface area contributed by atoms with Crippen LogP contribution in [-0.2, 0) is 6.54 Å². The zero-order valence-corrected chi connectivity index (χ0v) is 20.1. The van der Waals surface area contributed by atoms with Crippen molar-refractivity contribution in [2.45, 2.75) is 6.54 Å². The van der Waals surface area contributed by atoms with Gasteiger partial charge in [-0.1, -0.05) is 29.8 Å². The zero-order valence-electron chi connectivity index (χ0n) is 19.4. The maximum atomic E-state index is 12.4. The van der Waals surface area contributed by atoms with Gasteiger partial charge in [-0.3, -0.25) is 0 Å². The Bertz CT molecular complexity index is 1310. The van der Waals surface area contributed by atoms with Crippen LogP contribution in [0.4, 0.5) is 22.0 Å². The van der Waals surface area contributed by atoms with Gasteiger partial charge in [-0.05, 0) is 29.8 Å². The molecule has 4 N–H and O–H groups in total. The Kier molecular flexibility index (Phi) is 7.41. The summed E-state index contributed by atoms with van der Waals surface area (Å²) in [5.74, 6) is 2.16. The van der Waals surface area contributed by atoms with Gasteiger partial charge in [-0.15, -0.1) is 0 Å². The second kappa shape index (κ2) is 10.8. The number of nitrogen functional groups attached to an aromatic ring is 1. The van der Waals surface area contributed by atoms with Crippen LogP contribution in [0.15, 0.2) is 60.8 Å². The van der Waals surface area contributed by atoms with Gasteiger partial charge in [0.25, 0.3) is 0 Å². The van der Waals surface area contributed by atoms with E-state index in [4.69, 9.17) is 26.8 Å². The highest BCUT2D eigenvalue weighted by molar-refractivity contribution is 6.29. The quantitative estimate of drug-likeness (QED) is 0.183. The van der Waals surface area contributed by atoms with Crippen LogP contribution in [0.3, 0.4) is 0 Å². The van der Waals surface area contributed by atoms with E-state index in [1.807, 2.05) is 36.2 Å². The topological polar surface area (TPSA) is 119 Å². The van der Waals surface area contributed by atoms with E-state index in [2.05, 4.69) is 20.7 Å². The highest BCUT2D eigenvalue weighted by Crippen LogP contribution is 2.25. The summed E-state index contributed by atoms with van der Waals surface area (Å²) in [4.78, 5) is 18.7. The average molecular weight is 496 g/mol. The predicted molar refractivity (Wildman–Crippen MR) is 136 cm³/mol. The highest BCUT2D eigenvalue weighted by atomic mass is 35.5. The van der Waals surface area contributed by atoms with E-state index in [-0.39, 0.29) is 11.8 Å². The number of benzene rings is 2. The normalized spacial score (nSPS) is 10.7. The molecule has 0 bridgehead atoms. The van der Waals surface area contributed by atoms with Crippen LogP contribution in [0.5, 0.6) is 11.5 Å². The molecule has 0 aliphatic heterocycles. The lowest BCUT2D eigenvalue weighted by molar-refractivity contribution is 0.247. The molecular weight excluding hydrogens is 470 g/mol. The number of fused-ring (bicyclic) bond motifs is 1. The highest BCUT2D eigenvalue weighted by Gasteiger charge is 2.16. The number of hydrogen-bond acceptors (Lipinski definition) is 7. The van der Waals surface area contributed by atoms with Crippen LogP contribution >= 0.6 is 11.6 Å². The fourth-order valence-electron chi connectivity index (χ4n) is 3.47. The van der Waals surface area contributed by atoms with E-state index in [1.165, 1.54) is 6.20 Å². The molecule has 4 rings (SSSR count). The first-order valence-electron chi connectivity index (χ1n) is 10.8. The number of ether oxygens (including phenoxy) is 2. The van der Waals surface area contributed by atoms with Gasteiger partial charge in [0.15, 0.2) is 5.65 Å². The summed E-state index contributed by atoms with van der Waals surface area (Å²) >= 11 is 6.30. The van der Waals surface area contributed by atoms with Crippen LogP contribution in [0.25, 0.3) is 5.65 Å². The summed E-state index contributed by atoms with van der Waals surface area (Å²) in [5.41, 5.74) is 8.29. The van der Waals surface area contributed by atoms with Gasteiger partial charge in [0.2, 0.25) is 0 Å². The minimum atomic E-state index is -0.411. The number of aromatic nitrogens is 3. The first-order valence-corrected chi connectivity index (χ1v) is 11.2. The van der Waals surface area contributed by atoms with Crippen LogP contribution < -0.4 is 30.7 Å². The third kappa shape index (κ3) is 6.04. The SMILES string of the molecule is COc1ccc(CN(C)c2cc(Cl)nc3c(NC(=O)NCCOc4cccc(N)c4)cnn23)cc1. The molecular formula is C24H26ClN7O3. The lowest BCUT2D eigenvalue weighted by Gasteiger charge is -2.20. The molecule has 2 heterocycles. The minimum absolute atomic E-state index is 0.286. The van der Waals surface area contributed by atoms with E-state index < -0.39 is 6.03 Å². The van der Waals surface area contributed by atoms with Gasteiger partial charge in [0.05, 0.1) is 19.9 Å². The van der Waals surface area contributed by atoms with Crippen molar-refractivity contribution in [1.82, 2.24) is 19.9 Å². The van der Waals surface area contributed by atoms with Crippen LogP contribution in [0, 0.1) is 0 Å². The van der Waals surface area contributed by atoms with E-state index >= 15 is 0 Å². The number of anilines is 3. The van der Waals surface area contributed by atoms with E-state index in [0.29, 0.717) is 35.9 Å². The molecule has 2 amide bonds. The molecule has 0 aliphatic rings. The van der Waals surface area contributed by atoms with Gasteiger partial charge in [-0.25, -0.2) is 9.78 Å². The molecule has 0 saturated carbocycles. The Morgan fingerprint density at radius 2 is 1.97 bits per heavy atom. The molecule has 182 valence electrons. The molecule has 2 aromatic heterocycles. The molecule has 4 aromatic rings. The van der Waals surface area contributed by atoms with Gasteiger partial charge in [0, 0.05) is 31.4 Å². The van der Waals surface area contributed by atoms with Gasteiger partial charge in [-0.2, -0.15) is 9.61 Å². The van der Waals surface area contributed by atoms with E-state index in [1.54, 1.807) is 42.0 Å². The number of hydrogen-bond donors (Lipinski definition) is 3. The predicted octanol–water partition coefficient (Wildman–Crippen LogP) is 3.81. The van der Waals surface area contributed by atoms with Gasteiger partial charge in [0.1, 0.15) is 34.8 Å². The third-order valence-corrected chi connectivity index (χ3v) is 5.35. The number of amides is 2. The molecule has 0 aliphatic carbocycles. The number of carbonyl (C=O) groups is 1. The molecule has 0 unspecified atom stereocenters. The Morgan fingerprint density at radius 3 is 2.71 bits per heavy atom. The van der Waals surface area contributed by atoms with Crippen molar-refractivity contribution in [3.8, 4) is 11.5 Å². The van der Waals surface area contributed by atoms with Crippen LogP contribution in [-0.4, -0.2) is 47.9 Å². The molecule has 0 spiro atoms. The number of nitrogens with zero attached hydrogens (tertiary/aromatic N) is 4. The second-order valence-electron chi connectivity index (χ2n) is 7.74. The molecule has 0 radical (unpaired) electrons. The number of methoxy groups -OCH3 is 1. The number of halogens is 1. The standard InChI is InChI=1S/C24H26ClN7O3/c1-31(15-16-6-8-18(34-2)9-7-16)22-13-21(25)30-23-20(14-28-32(22)23)29-24(33)27-10-11-35-19-5-3-4-17(26)12-19/h3-9,12-14H,10-11,15,26H2,1-2H3,(H2,27,29,33). The Morgan fingerprint density at radius 1 is 1.17 bits per heavy atom. The summed E-state index contributed by atoms with van der Waals surface area (Å²) in [6.07, 6.45) is 1.53. The average Bonchev–Trinajstić information content (AvgIpc) is 3.24. The third-order valence-electron chi connectivity index (χ3n) is 5.15. The number of nitrogens with two attached hydrogens (primary N) is 1. The molecule has 0 saturated heterocycles. The monoisotopic (exact) mass is 495 g/mol. The van der Waals surface area contributed by atoms with Crippen LogP contribution in [0.1, 0.15) is 5.56 Å². The Balaban J connectivity index is 1.39. The van der Waals surface area contributed by atoms with Crippen molar-refractivity contribution in [3.05, 3.63) is 71.5 Å². The number of carbonyl (C=O) groups excluding carboxylic acids is 1. The molecule has 2 aromatic carbocycles. The van der Waals surface area contributed by atoms with Crippen LogP contribution in [0.2, 0.25) is 5.15 Å². The van der Waals surface area contributed by atoms with Crippen molar-refractivity contribution in [2.24, 2.45) is 0 Å². The first kappa shape index (κ1) is 24.0. The maximum Gasteiger partial charge on any atom is 0.319 e. The Labute approximate surface area is 207 Å². The van der Waals surface area contributed by atoms with E-state index in [9.17, 15) is 4.79 Å². The fourth-order valence-corrected chi connectivity index (χ4v) is 3.65. The van der Waals surface area contributed by atoms with E-state index in [0.717, 1.165) is 17.1 Å². The number of nitrogens with one attached hydrogen (secondary N) is 2. The summed E-state index contributed by atoms with van der Waals surface area (Å²) < 4.78 is 12.4. The van der Waals surface area contributed by atoms with Gasteiger partial charge >= 0.3 is 6.03 Å². The largest absolute Gasteiger partial charge is 0.497 e. The van der Waals surface area contributed by atoms with Gasteiger partial charge < -0.3 is 30.7 Å². The zero-order chi connectivity index (χ0) is 24.8. The maximum absolute atomic E-state index is 12.4. The second-order valence-corrected chi connectivity index (χ2v) is 8.12. The van der Waals surface area contributed by atoms with Crippen molar-refractivity contribution >= 4 is 40.5 Å². The van der Waals surface area contributed by atoms with Crippen molar-refractivity contribution in [1.29, 1.82) is 0 Å². The Hall–Kier alpha value is -4.18. The van der Waals surface area contributed by atoms with Crippen molar-refractivity contribution < 1.29 is 14.3 Å². The summed E-state index contributed by atoms with van der Waals surface area (Å²) in [5, 5.41) is 10.2. The molecule has 0 fully saturated rings. The molecule has 11 heteroatoms.